The quantitative estimate of drug-likeness (QED) is 0.158. The fourth-order valence-corrected chi connectivity index (χ4v) is 5.71. The van der Waals surface area contributed by atoms with Crippen molar-refractivity contribution in [1.82, 2.24) is 15.0 Å². The molecule has 0 radical (unpaired) electrons. The van der Waals surface area contributed by atoms with Gasteiger partial charge >= 0.3 is 0 Å². The Morgan fingerprint density at radius 3 is 2.23 bits per heavy atom. The summed E-state index contributed by atoms with van der Waals surface area (Å²) in [5.74, 6) is 1.51. The van der Waals surface area contributed by atoms with Crippen LogP contribution >= 0.6 is 35.0 Å². The highest BCUT2D eigenvalue weighted by molar-refractivity contribution is 7.98. The molecule has 40 heavy (non-hydrogen) atoms. The van der Waals surface area contributed by atoms with Crippen LogP contribution in [0.4, 0.5) is 11.5 Å². The van der Waals surface area contributed by atoms with Gasteiger partial charge in [-0.05, 0) is 102 Å². The van der Waals surface area contributed by atoms with Crippen LogP contribution in [0.1, 0.15) is 29.7 Å². The number of hydrogen-bond acceptors (Lipinski definition) is 6. The van der Waals surface area contributed by atoms with Crippen molar-refractivity contribution in [2.45, 2.75) is 24.4 Å². The standard InChI is InChI=1S/C32H26Cl2N4OS/c1-39-25-16-14-24(15-17-25)35-30-28-27(20-8-12-23(34)13-9-20)26-5-3-4-21(18-19-6-10-22(33)11-7-19)29(26)36-31(28)38-32(37-30)40-2/h6-18H,3-5H2,1-2H3,(H,35,36,37,38)/b21-18+. The van der Waals surface area contributed by atoms with Crippen LogP contribution in [0.3, 0.4) is 0 Å². The number of fused-ring (bicyclic) bond motifs is 2. The molecule has 8 heteroatoms. The van der Waals surface area contributed by atoms with Crippen molar-refractivity contribution in [2.24, 2.45) is 0 Å². The van der Waals surface area contributed by atoms with Crippen molar-refractivity contribution in [3.05, 3.63) is 99.7 Å². The average molecular weight is 586 g/mol. The van der Waals surface area contributed by atoms with Gasteiger partial charge in [-0.3, -0.25) is 0 Å². The second-order valence-corrected chi connectivity index (χ2v) is 11.2. The summed E-state index contributed by atoms with van der Waals surface area (Å²) in [6, 6.07) is 23.7. The number of nitrogens with one attached hydrogen (secondary N) is 1. The maximum absolute atomic E-state index is 6.31. The molecule has 2 heterocycles. The molecule has 0 unspecified atom stereocenters. The molecule has 6 rings (SSSR count). The van der Waals surface area contributed by atoms with Gasteiger partial charge in [0, 0.05) is 21.3 Å². The minimum atomic E-state index is 0.650. The zero-order chi connectivity index (χ0) is 27.6. The van der Waals surface area contributed by atoms with Crippen molar-refractivity contribution >= 4 is 69.2 Å². The van der Waals surface area contributed by atoms with Gasteiger partial charge in [0.15, 0.2) is 10.8 Å². The number of thioether (sulfide) groups is 1. The molecule has 1 aliphatic carbocycles. The lowest BCUT2D eigenvalue weighted by Crippen LogP contribution is -2.10. The zero-order valence-corrected chi connectivity index (χ0v) is 24.4. The number of aromatic nitrogens is 3. The number of hydrogen-bond donors (Lipinski definition) is 1. The molecule has 0 spiro atoms. The van der Waals surface area contributed by atoms with Crippen LogP contribution in [-0.2, 0) is 6.42 Å². The third-order valence-electron chi connectivity index (χ3n) is 6.98. The fraction of sp³-hybridized carbons (Fsp3) is 0.156. The van der Waals surface area contributed by atoms with E-state index in [0.29, 0.717) is 21.6 Å². The Hall–Kier alpha value is -3.58. The van der Waals surface area contributed by atoms with Crippen LogP contribution in [-0.4, -0.2) is 28.3 Å². The molecule has 0 bridgehead atoms. The summed E-state index contributed by atoms with van der Waals surface area (Å²) in [5.41, 5.74) is 8.16. The molecule has 3 aromatic carbocycles. The summed E-state index contributed by atoms with van der Waals surface area (Å²) < 4.78 is 5.34. The Kier molecular flexibility index (Phi) is 7.65. The highest BCUT2D eigenvalue weighted by atomic mass is 35.5. The number of methoxy groups -OCH3 is 1. The molecule has 0 atom stereocenters. The van der Waals surface area contributed by atoms with Crippen molar-refractivity contribution in [2.75, 3.05) is 18.7 Å². The van der Waals surface area contributed by atoms with E-state index >= 15 is 0 Å². The number of allylic oxidation sites excluding steroid dienone is 1. The minimum absolute atomic E-state index is 0.650. The smallest absolute Gasteiger partial charge is 0.191 e. The normalized spacial score (nSPS) is 13.8. The van der Waals surface area contributed by atoms with Crippen molar-refractivity contribution in [3.63, 3.8) is 0 Å². The second-order valence-electron chi connectivity index (χ2n) is 9.51. The van der Waals surface area contributed by atoms with Gasteiger partial charge in [-0.1, -0.05) is 59.2 Å². The van der Waals surface area contributed by atoms with E-state index in [9.17, 15) is 0 Å². The molecular formula is C32H26Cl2N4OS. The number of halogens is 2. The number of rotatable bonds is 6. The minimum Gasteiger partial charge on any atom is -0.497 e. The van der Waals surface area contributed by atoms with Crippen LogP contribution in [0.15, 0.2) is 78.0 Å². The Morgan fingerprint density at radius 1 is 0.850 bits per heavy atom. The zero-order valence-electron chi connectivity index (χ0n) is 22.0. The first-order valence-corrected chi connectivity index (χ1v) is 14.9. The van der Waals surface area contributed by atoms with Crippen molar-refractivity contribution in [3.8, 4) is 16.9 Å². The van der Waals surface area contributed by atoms with Crippen LogP contribution in [0, 0.1) is 0 Å². The first kappa shape index (κ1) is 26.6. The number of ether oxygens (including phenoxy) is 1. The third kappa shape index (κ3) is 5.39. The molecule has 0 saturated carbocycles. The van der Waals surface area contributed by atoms with Gasteiger partial charge in [-0.15, -0.1) is 0 Å². The Balaban J connectivity index is 1.61. The third-order valence-corrected chi connectivity index (χ3v) is 8.03. The van der Waals surface area contributed by atoms with Gasteiger partial charge in [-0.2, -0.15) is 0 Å². The monoisotopic (exact) mass is 584 g/mol. The van der Waals surface area contributed by atoms with E-state index in [1.165, 1.54) is 22.9 Å². The van der Waals surface area contributed by atoms with Gasteiger partial charge in [0.05, 0.1) is 18.2 Å². The topological polar surface area (TPSA) is 59.9 Å². The van der Waals surface area contributed by atoms with Gasteiger partial charge in [0.25, 0.3) is 0 Å². The summed E-state index contributed by atoms with van der Waals surface area (Å²) in [6.07, 6.45) is 7.05. The summed E-state index contributed by atoms with van der Waals surface area (Å²) in [4.78, 5) is 15.0. The Morgan fingerprint density at radius 2 is 1.55 bits per heavy atom. The van der Waals surface area contributed by atoms with E-state index in [0.717, 1.165) is 63.5 Å². The summed E-state index contributed by atoms with van der Waals surface area (Å²) in [5, 5.41) is 6.50. The van der Waals surface area contributed by atoms with Crippen LogP contribution in [0.2, 0.25) is 10.0 Å². The summed E-state index contributed by atoms with van der Waals surface area (Å²) in [7, 11) is 1.66. The number of anilines is 2. The van der Waals surface area contributed by atoms with E-state index in [1.807, 2.05) is 66.9 Å². The second kappa shape index (κ2) is 11.5. The largest absolute Gasteiger partial charge is 0.497 e. The van der Waals surface area contributed by atoms with Crippen LogP contribution < -0.4 is 10.1 Å². The van der Waals surface area contributed by atoms with E-state index < -0.39 is 0 Å². The molecular weight excluding hydrogens is 559 g/mol. The van der Waals surface area contributed by atoms with Gasteiger partial charge in [0.1, 0.15) is 11.6 Å². The molecule has 200 valence electrons. The molecule has 0 saturated heterocycles. The highest BCUT2D eigenvalue weighted by Crippen LogP contribution is 2.43. The fourth-order valence-electron chi connectivity index (χ4n) is 5.09. The molecule has 1 N–H and O–H groups in total. The van der Waals surface area contributed by atoms with E-state index in [2.05, 4.69) is 23.5 Å². The molecule has 0 fully saturated rings. The highest BCUT2D eigenvalue weighted by Gasteiger charge is 2.26. The lowest BCUT2D eigenvalue weighted by Gasteiger charge is -2.24. The van der Waals surface area contributed by atoms with Gasteiger partial charge in [-0.25, -0.2) is 15.0 Å². The number of pyridine rings is 1. The number of nitrogens with zero attached hydrogens (tertiary/aromatic N) is 3. The Bertz CT molecular complexity index is 1720. The van der Waals surface area contributed by atoms with E-state index in [-0.39, 0.29) is 0 Å². The lowest BCUT2D eigenvalue weighted by atomic mass is 9.84. The van der Waals surface area contributed by atoms with Crippen LogP contribution in [0.5, 0.6) is 5.75 Å². The average Bonchev–Trinajstić information content (AvgIpc) is 2.98. The molecule has 0 aliphatic heterocycles. The van der Waals surface area contributed by atoms with Crippen molar-refractivity contribution in [1.29, 1.82) is 0 Å². The van der Waals surface area contributed by atoms with E-state index in [1.54, 1.807) is 7.11 Å². The maximum Gasteiger partial charge on any atom is 0.191 e. The predicted molar refractivity (Wildman–Crippen MR) is 168 cm³/mol. The Labute approximate surface area is 247 Å². The molecule has 1 aliphatic rings. The van der Waals surface area contributed by atoms with Crippen molar-refractivity contribution < 1.29 is 4.74 Å². The van der Waals surface area contributed by atoms with Gasteiger partial charge < -0.3 is 10.1 Å². The van der Waals surface area contributed by atoms with Gasteiger partial charge in [0.2, 0.25) is 0 Å². The lowest BCUT2D eigenvalue weighted by molar-refractivity contribution is 0.415. The molecule has 5 nitrogen and oxygen atoms in total. The predicted octanol–water partition coefficient (Wildman–Crippen LogP) is 9.35. The summed E-state index contributed by atoms with van der Waals surface area (Å²) in [6.45, 7) is 0. The van der Waals surface area contributed by atoms with E-state index in [4.69, 9.17) is 42.9 Å². The maximum atomic E-state index is 6.31. The molecule has 2 aromatic heterocycles. The SMILES string of the molecule is COc1ccc(Nc2nc(SC)nc3nc4c(c(-c5ccc(Cl)cc5)c23)CCC/C4=C\c2ccc(Cl)cc2)cc1. The molecule has 0 amide bonds. The first-order valence-electron chi connectivity index (χ1n) is 12.9. The first-order chi connectivity index (χ1) is 19.5. The molecule has 5 aromatic rings. The van der Waals surface area contributed by atoms with Crippen LogP contribution in [0.25, 0.3) is 33.8 Å². The number of benzene rings is 3. The summed E-state index contributed by atoms with van der Waals surface area (Å²) >= 11 is 13.9.